The van der Waals surface area contributed by atoms with Crippen molar-refractivity contribution in [1.29, 1.82) is 0 Å². The zero-order chi connectivity index (χ0) is 18.7. The number of nitrogens with zero attached hydrogens (tertiary/aromatic N) is 1. The Morgan fingerprint density at radius 3 is 2.69 bits per heavy atom. The second kappa shape index (κ2) is 8.09. The molecule has 0 unspecified atom stereocenters. The van der Waals surface area contributed by atoms with Crippen LogP contribution in [-0.4, -0.2) is 38.4 Å². The quantitative estimate of drug-likeness (QED) is 0.856. The van der Waals surface area contributed by atoms with Crippen LogP contribution in [0.1, 0.15) is 56.1 Å². The third-order valence-corrected chi connectivity index (χ3v) is 7.43. The van der Waals surface area contributed by atoms with E-state index in [-0.39, 0.29) is 18.9 Å². The fourth-order valence-corrected chi connectivity index (χ4v) is 5.80. The summed E-state index contributed by atoms with van der Waals surface area (Å²) in [5.41, 5.74) is 1.62. The average Bonchev–Trinajstić information content (AvgIpc) is 2.63. The number of benzene rings is 1. The van der Waals surface area contributed by atoms with E-state index < -0.39 is 10.0 Å². The molecule has 1 heterocycles. The van der Waals surface area contributed by atoms with Crippen molar-refractivity contribution >= 4 is 15.9 Å². The zero-order valence-electron chi connectivity index (χ0n) is 15.8. The van der Waals surface area contributed by atoms with Gasteiger partial charge in [0.15, 0.2) is 0 Å². The number of aryl methyl sites for hydroxylation is 2. The van der Waals surface area contributed by atoms with E-state index in [9.17, 15) is 13.2 Å². The maximum absolute atomic E-state index is 12.7. The van der Waals surface area contributed by atoms with Crippen LogP contribution >= 0.6 is 0 Å². The monoisotopic (exact) mass is 378 g/mol. The summed E-state index contributed by atoms with van der Waals surface area (Å²) in [6, 6.07) is 5.76. The summed E-state index contributed by atoms with van der Waals surface area (Å²) in [6.45, 7) is 4.64. The van der Waals surface area contributed by atoms with Crippen molar-refractivity contribution in [2.45, 2.75) is 69.7 Å². The number of hydrogen-bond donors (Lipinski definition) is 1. The molecule has 6 heteroatoms. The standard InChI is InChI=1S/C20H30N2O3S/c1-15-9-10-16(2)19(14-15)26(24,25)21-12-11-20(23)22-13-5-7-17-6-3-4-8-18(17)22/h9-10,14,17-18,21H,3-8,11-13H2,1-2H3/t17-,18+/m1/s1. The molecule has 0 radical (unpaired) electrons. The fourth-order valence-electron chi connectivity index (χ4n) is 4.44. The zero-order valence-corrected chi connectivity index (χ0v) is 16.6. The van der Waals surface area contributed by atoms with E-state index in [1.54, 1.807) is 13.0 Å². The van der Waals surface area contributed by atoms with Crippen LogP contribution in [0.5, 0.6) is 0 Å². The summed E-state index contributed by atoms with van der Waals surface area (Å²) in [5.74, 6) is 0.735. The Morgan fingerprint density at radius 2 is 1.88 bits per heavy atom. The van der Waals surface area contributed by atoms with E-state index in [0.717, 1.165) is 30.5 Å². The van der Waals surface area contributed by atoms with Gasteiger partial charge in [0, 0.05) is 25.6 Å². The molecule has 144 valence electrons. The largest absolute Gasteiger partial charge is 0.339 e. The molecule has 1 aliphatic heterocycles. The van der Waals surface area contributed by atoms with Gasteiger partial charge in [-0.2, -0.15) is 0 Å². The van der Waals surface area contributed by atoms with Crippen LogP contribution in [0.3, 0.4) is 0 Å². The van der Waals surface area contributed by atoms with Gasteiger partial charge in [-0.05, 0) is 62.6 Å². The molecule has 1 N–H and O–H groups in total. The van der Waals surface area contributed by atoms with Gasteiger partial charge in [-0.15, -0.1) is 0 Å². The van der Waals surface area contributed by atoms with Gasteiger partial charge in [0.1, 0.15) is 0 Å². The van der Waals surface area contributed by atoms with E-state index in [0.29, 0.717) is 16.9 Å². The molecule has 0 aromatic heterocycles. The first kappa shape index (κ1) is 19.4. The normalized spacial score (nSPS) is 23.5. The molecule has 5 nitrogen and oxygen atoms in total. The van der Waals surface area contributed by atoms with Gasteiger partial charge in [0.05, 0.1) is 4.90 Å². The highest BCUT2D eigenvalue weighted by atomic mass is 32.2. The number of sulfonamides is 1. The van der Waals surface area contributed by atoms with E-state index in [1.807, 2.05) is 24.0 Å². The molecular weight excluding hydrogens is 348 g/mol. The Balaban J connectivity index is 1.58. The second-order valence-corrected chi connectivity index (χ2v) is 9.49. The van der Waals surface area contributed by atoms with E-state index in [4.69, 9.17) is 0 Å². The molecule has 1 aromatic carbocycles. The summed E-state index contributed by atoms with van der Waals surface area (Å²) in [5, 5.41) is 0. The Kier molecular flexibility index (Phi) is 6.03. The molecule has 0 bridgehead atoms. The Morgan fingerprint density at radius 1 is 1.15 bits per heavy atom. The highest BCUT2D eigenvalue weighted by Crippen LogP contribution is 2.35. The van der Waals surface area contributed by atoms with Crippen LogP contribution in [0.25, 0.3) is 0 Å². The first-order valence-corrected chi connectivity index (χ1v) is 11.2. The van der Waals surface area contributed by atoms with Crippen LogP contribution in [0.4, 0.5) is 0 Å². The minimum Gasteiger partial charge on any atom is -0.339 e. The lowest BCUT2D eigenvalue weighted by Gasteiger charge is -2.44. The van der Waals surface area contributed by atoms with Gasteiger partial charge in [0.2, 0.25) is 15.9 Å². The smallest absolute Gasteiger partial charge is 0.240 e. The lowest BCUT2D eigenvalue weighted by atomic mass is 9.78. The Labute approximate surface area is 157 Å². The van der Waals surface area contributed by atoms with Crippen LogP contribution in [-0.2, 0) is 14.8 Å². The third-order valence-electron chi connectivity index (χ3n) is 5.83. The molecule has 1 saturated heterocycles. The fraction of sp³-hybridized carbons (Fsp3) is 0.650. The number of hydrogen-bond acceptors (Lipinski definition) is 3. The highest BCUT2D eigenvalue weighted by molar-refractivity contribution is 7.89. The summed E-state index contributed by atoms with van der Waals surface area (Å²) in [6.07, 6.45) is 7.34. The lowest BCUT2D eigenvalue weighted by Crippen LogP contribution is -2.50. The predicted molar refractivity (Wildman–Crippen MR) is 102 cm³/mol. The van der Waals surface area contributed by atoms with E-state index in [2.05, 4.69) is 4.72 Å². The number of carbonyl (C=O) groups excluding carboxylic acids is 1. The van der Waals surface area contributed by atoms with Crippen molar-refractivity contribution < 1.29 is 13.2 Å². The summed E-state index contributed by atoms with van der Waals surface area (Å²) in [4.78, 5) is 15.0. The maximum Gasteiger partial charge on any atom is 0.240 e. The molecule has 1 aromatic rings. The second-order valence-electron chi connectivity index (χ2n) is 7.76. The van der Waals surface area contributed by atoms with Gasteiger partial charge in [0.25, 0.3) is 0 Å². The predicted octanol–water partition coefficient (Wildman–Crippen LogP) is 3.15. The van der Waals surface area contributed by atoms with Crippen molar-refractivity contribution in [3.8, 4) is 0 Å². The Bertz CT molecular complexity index is 758. The number of rotatable bonds is 5. The summed E-state index contributed by atoms with van der Waals surface area (Å²) in [7, 11) is -3.58. The number of fused-ring (bicyclic) bond motifs is 1. The first-order valence-electron chi connectivity index (χ1n) is 9.75. The van der Waals surface area contributed by atoms with E-state index >= 15 is 0 Å². The maximum atomic E-state index is 12.7. The molecule has 0 spiro atoms. The number of piperidine rings is 1. The molecule has 1 amide bonds. The van der Waals surface area contributed by atoms with Crippen LogP contribution in [0, 0.1) is 19.8 Å². The number of carbonyl (C=O) groups is 1. The van der Waals surface area contributed by atoms with Crippen molar-refractivity contribution in [1.82, 2.24) is 9.62 Å². The van der Waals surface area contributed by atoms with Gasteiger partial charge in [-0.1, -0.05) is 25.0 Å². The molecule has 2 fully saturated rings. The minimum atomic E-state index is -3.58. The topological polar surface area (TPSA) is 66.5 Å². The van der Waals surface area contributed by atoms with Gasteiger partial charge in [-0.25, -0.2) is 13.1 Å². The van der Waals surface area contributed by atoms with Crippen molar-refractivity contribution in [3.05, 3.63) is 29.3 Å². The molecule has 1 saturated carbocycles. The minimum absolute atomic E-state index is 0.0882. The molecular formula is C20H30N2O3S. The molecule has 26 heavy (non-hydrogen) atoms. The van der Waals surface area contributed by atoms with Crippen molar-refractivity contribution in [2.75, 3.05) is 13.1 Å². The van der Waals surface area contributed by atoms with Gasteiger partial charge >= 0.3 is 0 Å². The third kappa shape index (κ3) is 4.29. The summed E-state index contributed by atoms with van der Waals surface area (Å²) < 4.78 is 27.7. The lowest BCUT2D eigenvalue weighted by molar-refractivity contribution is -0.137. The van der Waals surface area contributed by atoms with Crippen LogP contribution in [0.2, 0.25) is 0 Å². The summed E-state index contributed by atoms with van der Waals surface area (Å²) >= 11 is 0. The molecule has 2 aliphatic rings. The molecule has 3 rings (SSSR count). The van der Waals surface area contributed by atoms with Crippen molar-refractivity contribution in [2.24, 2.45) is 5.92 Å². The van der Waals surface area contributed by atoms with Crippen LogP contribution < -0.4 is 4.72 Å². The average molecular weight is 379 g/mol. The highest BCUT2D eigenvalue weighted by Gasteiger charge is 2.35. The number of nitrogens with one attached hydrogen (secondary N) is 1. The van der Waals surface area contributed by atoms with Gasteiger partial charge in [-0.3, -0.25) is 4.79 Å². The van der Waals surface area contributed by atoms with Crippen LogP contribution in [0.15, 0.2) is 23.1 Å². The number of likely N-dealkylation sites (tertiary alicyclic amines) is 1. The molecule has 1 aliphatic carbocycles. The van der Waals surface area contributed by atoms with Gasteiger partial charge < -0.3 is 4.90 Å². The Hall–Kier alpha value is -1.40. The first-order chi connectivity index (χ1) is 12.4. The molecule has 2 atom stereocenters. The van der Waals surface area contributed by atoms with E-state index in [1.165, 1.54) is 25.7 Å². The number of amides is 1. The van der Waals surface area contributed by atoms with Crippen molar-refractivity contribution in [3.63, 3.8) is 0 Å². The SMILES string of the molecule is Cc1ccc(C)c(S(=O)(=O)NCCC(=O)N2CCC[C@H]3CCCC[C@@H]32)c1.